The van der Waals surface area contributed by atoms with Crippen molar-refractivity contribution in [1.82, 2.24) is 0 Å². The van der Waals surface area contributed by atoms with E-state index in [9.17, 15) is 4.21 Å². The summed E-state index contributed by atoms with van der Waals surface area (Å²) in [6, 6.07) is 13.6. The van der Waals surface area contributed by atoms with Crippen LogP contribution in [0, 0.1) is 0 Å². The predicted octanol–water partition coefficient (Wildman–Crippen LogP) is 3.45. The Labute approximate surface area is 135 Å². The van der Waals surface area contributed by atoms with Crippen LogP contribution in [-0.2, 0) is 22.0 Å². The molecule has 0 radical (unpaired) electrons. The lowest BCUT2D eigenvalue weighted by molar-refractivity contribution is 0.0582. The van der Waals surface area contributed by atoms with Gasteiger partial charge in [-0.15, -0.1) is 0 Å². The molecule has 0 aliphatic carbocycles. The summed E-state index contributed by atoms with van der Waals surface area (Å²) in [7, 11) is -1.14. The highest BCUT2D eigenvalue weighted by Gasteiger charge is 2.23. The van der Waals surface area contributed by atoms with Crippen LogP contribution in [0.2, 0.25) is 0 Å². The summed E-state index contributed by atoms with van der Waals surface area (Å²) in [5, 5.41) is 0. The summed E-state index contributed by atoms with van der Waals surface area (Å²) >= 11 is 3.43. The maximum absolute atomic E-state index is 12.6. The van der Waals surface area contributed by atoms with Crippen molar-refractivity contribution in [2.75, 3.05) is 18.1 Å². The van der Waals surface area contributed by atoms with Crippen molar-refractivity contribution in [3.8, 4) is 0 Å². The number of halogens is 1. The fraction of sp³-hybridized carbons (Fsp3) is 0.250. The fourth-order valence-corrected chi connectivity index (χ4v) is 4.71. The van der Waals surface area contributed by atoms with Gasteiger partial charge in [-0.2, -0.15) is 0 Å². The molecule has 3 rings (SSSR count). The van der Waals surface area contributed by atoms with E-state index in [1.165, 1.54) is 5.56 Å². The second kappa shape index (κ2) is 6.30. The molecule has 21 heavy (non-hydrogen) atoms. The molecule has 110 valence electrons. The minimum Gasteiger partial charge on any atom is -0.399 e. The molecule has 0 amide bonds. The number of nitrogens with two attached hydrogens (primary N) is 1. The number of hydrogen-bond acceptors (Lipinski definition) is 3. The molecular weight excluding hydrogens is 350 g/mol. The average molecular weight is 366 g/mol. The molecule has 1 aliphatic rings. The maximum atomic E-state index is 12.6. The van der Waals surface area contributed by atoms with Crippen LogP contribution in [0.4, 0.5) is 5.69 Å². The van der Waals surface area contributed by atoms with E-state index in [0.29, 0.717) is 18.0 Å². The minimum atomic E-state index is -1.14. The first kappa shape index (κ1) is 14.8. The van der Waals surface area contributed by atoms with E-state index >= 15 is 0 Å². The highest BCUT2D eigenvalue weighted by Crippen LogP contribution is 2.30. The van der Waals surface area contributed by atoms with Gasteiger partial charge in [0.25, 0.3) is 0 Å². The van der Waals surface area contributed by atoms with Crippen LogP contribution in [0.1, 0.15) is 17.2 Å². The van der Waals surface area contributed by atoms with Gasteiger partial charge < -0.3 is 10.5 Å². The first-order valence-electron chi connectivity index (χ1n) is 6.78. The van der Waals surface area contributed by atoms with Crippen molar-refractivity contribution >= 4 is 32.4 Å². The first-order valence-corrected chi connectivity index (χ1v) is 8.89. The number of fused-ring (bicyclic) bond motifs is 1. The first-order chi connectivity index (χ1) is 10.1. The highest BCUT2D eigenvalue weighted by molar-refractivity contribution is 9.10. The van der Waals surface area contributed by atoms with Crippen LogP contribution in [0.15, 0.2) is 51.8 Å². The molecule has 0 bridgehead atoms. The Kier molecular flexibility index (Phi) is 4.42. The summed E-state index contributed by atoms with van der Waals surface area (Å²) < 4.78 is 19.2. The molecule has 1 heterocycles. The number of anilines is 1. The molecule has 1 aliphatic heterocycles. The van der Waals surface area contributed by atoms with Crippen LogP contribution in [-0.4, -0.2) is 16.6 Å². The number of ether oxygens (including phenoxy) is 1. The van der Waals surface area contributed by atoms with E-state index in [-0.39, 0.29) is 6.10 Å². The van der Waals surface area contributed by atoms with E-state index in [2.05, 4.69) is 28.1 Å². The zero-order chi connectivity index (χ0) is 14.8. The Morgan fingerprint density at radius 2 is 2.10 bits per heavy atom. The number of nitrogen functional groups attached to an aromatic ring is 1. The Balaban J connectivity index is 1.83. The number of rotatable bonds is 3. The molecule has 0 spiro atoms. The van der Waals surface area contributed by atoms with Gasteiger partial charge in [-0.3, -0.25) is 4.21 Å². The Bertz CT molecular complexity index is 690. The molecule has 2 aromatic carbocycles. The summed E-state index contributed by atoms with van der Waals surface area (Å²) in [5.74, 6) is 0.458. The minimum absolute atomic E-state index is 0.111. The third-order valence-electron chi connectivity index (χ3n) is 3.60. The van der Waals surface area contributed by atoms with Crippen LogP contribution in [0.3, 0.4) is 0 Å². The van der Waals surface area contributed by atoms with Crippen molar-refractivity contribution < 1.29 is 8.95 Å². The molecule has 2 N–H and O–H groups in total. The molecule has 0 saturated heterocycles. The molecule has 0 saturated carbocycles. The monoisotopic (exact) mass is 365 g/mol. The largest absolute Gasteiger partial charge is 0.399 e. The molecule has 3 nitrogen and oxygen atoms in total. The van der Waals surface area contributed by atoms with Gasteiger partial charge in [0, 0.05) is 10.2 Å². The summed E-state index contributed by atoms with van der Waals surface area (Å²) in [5.41, 5.74) is 8.83. The van der Waals surface area contributed by atoms with Gasteiger partial charge in [-0.05, 0) is 51.7 Å². The van der Waals surface area contributed by atoms with E-state index in [1.807, 2.05) is 18.2 Å². The highest BCUT2D eigenvalue weighted by atomic mass is 79.9. The molecular formula is C16H16BrNO2S. The van der Waals surface area contributed by atoms with Crippen molar-refractivity contribution in [2.45, 2.75) is 17.4 Å². The van der Waals surface area contributed by atoms with Crippen molar-refractivity contribution in [2.24, 2.45) is 0 Å². The van der Waals surface area contributed by atoms with Crippen LogP contribution in [0.5, 0.6) is 0 Å². The zero-order valence-electron chi connectivity index (χ0n) is 11.4. The fourth-order valence-electron chi connectivity index (χ4n) is 2.54. The number of hydrogen-bond donors (Lipinski definition) is 1. The van der Waals surface area contributed by atoms with E-state index in [4.69, 9.17) is 10.5 Å². The van der Waals surface area contributed by atoms with E-state index in [0.717, 1.165) is 21.4 Å². The summed E-state index contributed by atoms with van der Waals surface area (Å²) in [4.78, 5) is 0.760. The lowest BCUT2D eigenvalue weighted by Gasteiger charge is -2.25. The molecule has 2 aromatic rings. The third kappa shape index (κ3) is 3.20. The third-order valence-corrected chi connectivity index (χ3v) is 5.97. The SMILES string of the molecule is Nc1ccc(S(=O)CC2OCCc3ccccc32)c(Br)c1. The van der Waals surface area contributed by atoms with E-state index in [1.54, 1.807) is 12.1 Å². The Hall–Kier alpha value is -1.17. The summed E-state index contributed by atoms with van der Waals surface area (Å²) in [6.07, 6.45) is 0.811. The number of benzene rings is 2. The average Bonchev–Trinajstić information content (AvgIpc) is 2.47. The van der Waals surface area contributed by atoms with Gasteiger partial charge >= 0.3 is 0 Å². The van der Waals surface area contributed by atoms with Crippen molar-refractivity contribution in [3.63, 3.8) is 0 Å². The molecule has 2 atom stereocenters. The predicted molar refractivity (Wildman–Crippen MR) is 88.7 cm³/mol. The topological polar surface area (TPSA) is 52.3 Å². The van der Waals surface area contributed by atoms with Crippen LogP contribution < -0.4 is 5.73 Å². The maximum Gasteiger partial charge on any atom is 0.0946 e. The molecule has 5 heteroatoms. The molecule has 0 fully saturated rings. The second-order valence-electron chi connectivity index (χ2n) is 5.01. The standard InChI is InChI=1S/C16H16BrNO2S/c17-14-9-12(18)5-6-16(14)21(19)10-15-13-4-2-1-3-11(13)7-8-20-15/h1-6,9,15H,7-8,10,18H2. The van der Waals surface area contributed by atoms with Gasteiger partial charge in [0.05, 0.1) is 34.2 Å². The Morgan fingerprint density at radius 3 is 2.90 bits per heavy atom. The van der Waals surface area contributed by atoms with Crippen LogP contribution in [0.25, 0.3) is 0 Å². The molecule has 0 aromatic heterocycles. The van der Waals surface area contributed by atoms with Gasteiger partial charge in [-0.1, -0.05) is 24.3 Å². The molecule has 2 unspecified atom stereocenters. The second-order valence-corrected chi connectivity index (χ2v) is 7.33. The van der Waals surface area contributed by atoms with Gasteiger partial charge in [0.1, 0.15) is 0 Å². The lowest BCUT2D eigenvalue weighted by atomic mass is 9.99. The zero-order valence-corrected chi connectivity index (χ0v) is 13.8. The van der Waals surface area contributed by atoms with Gasteiger partial charge in [0.15, 0.2) is 0 Å². The Morgan fingerprint density at radius 1 is 1.29 bits per heavy atom. The van der Waals surface area contributed by atoms with Crippen LogP contribution >= 0.6 is 15.9 Å². The summed E-state index contributed by atoms with van der Waals surface area (Å²) in [6.45, 7) is 0.682. The van der Waals surface area contributed by atoms with Crippen molar-refractivity contribution in [1.29, 1.82) is 0 Å². The van der Waals surface area contributed by atoms with E-state index < -0.39 is 10.8 Å². The lowest BCUT2D eigenvalue weighted by Crippen LogP contribution is -2.21. The normalized spacial score (nSPS) is 19.0. The quantitative estimate of drug-likeness (QED) is 0.847. The van der Waals surface area contributed by atoms with Gasteiger partial charge in [-0.25, -0.2) is 0 Å². The van der Waals surface area contributed by atoms with Crippen molar-refractivity contribution in [3.05, 3.63) is 58.1 Å². The smallest absolute Gasteiger partial charge is 0.0946 e. The van der Waals surface area contributed by atoms with Gasteiger partial charge in [0.2, 0.25) is 0 Å².